The molecular formula is C49H40N2S. The molecule has 0 heterocycles. The summed E-state index contributed by atoms with van der Waals surface area (Å²) in [5.41, 5.74) is 14.9. The Labute approximate surface area is 312 Å². The van der Waals surface area contributed by atoms with E-state index >= 15 is 0 Å². The lowest BCUT2D eigenvalue weighted by atomic mass is 9.82. The van der Waals surface area contributed by atoms with Crippen molar-refractivity contribution in [3.8, 4) is 44.5 Å². The molecule has 0 aromatic heterocycles. The summed E-state index contributed by atoms with van der Waals surface area (Å²) in [5.74, 6) is 0.607. The van der Waals surface area contributed by atoms with Crippen molar-refractivity contribution >= 4 is 35.4 Å². The van der Waals surface area contributed by atoms with Crippen LogP contribution in [-0.2, 0) is 0 Å². The molecule has 2 nitrogen and oxygen atoms in total. The number of thiol groups is 1. The van der Waals surface area contributed by atoms with Gasteiger partial charge >= 0.3 is 0 Å². The fraction of sp³-hybridized carbons (Fsp3) is 0.0612. The molecule has 0 bridgehead atoms. The van der Waals surface area contributed by atoms with Crippen LogP contribution in [0.25, 0.3) is 44.5 Å². The predicted octanol–water partition coefficient (Wildman–Crippen LogP) is 14.0. The monoisotopic (exact) mass is 688 g/mol. The summed E-state index contributed by atoms with van der Waals surface area (Å²) in [6.45, 7) is 2.30. The molecule has 7 aromatic rings. The minimum absolute atomic E-state index is 0.241. The molecule has 0 aliphatic heterocycles. The number of hydrogen-bond acceptors (Lipinski definition) is 3. The van der Waals surface area contributed by atoms with Crippen LogP contribution < -0.4 is 10.6 Å². The third-order valence-corrected chi connectivity index (χ3v) is 10.3. The minimum Gasteiger partial charge on any atom is -0.355 e. The van der Waals surface area contributed by atoms with Gasteiger partial charge in [-0.05, 0) is 105 Å². The lowest BCUT2D eigenvalue weighted by Crippen LogP contribution is -2.10. The van der Waals surface area contributed by atoms with Crippen molar-refractivity contribution < 1.29 is 0 Å². The first kappa shape index (κ1) is 33.1. The van der Waals surface area contributed by atoms with E-state index in [4.69, 9.17) is 12.6 Å². The average Bonchev–Trinajstić information content (AvgIpc) is 3.20. The van der Waals surface area contributed by atoms with Gasteiger partial charge in [-0.1, -0.05) is 146 Å². The van der Waals surface area contributed by atoms with E-state index in [1.807, 2.05) is 18.2 Å². The van der Waals surface area contributed by atoms with Crippen LogP contribution in [0, 0.1) is 5.92 Å². The zero-order valence-electron chi connectivity index (χ0n) is 29.1. The summed E-state index contributed by atoms with van der Waals surface area (Å²) >= 11 is 4.71. The van der Waals surface area contributed by atoms with Crippen molar-refractivity contribution in [3.05, 3.63) is 200 Å². The van der Waals surface area contributed by atoms with Crippen LogP contribution in [0.1, 0.15) is 18.4 Å². The number of benzene rings is 7. The van der Waals surface area contributed by atoms with Gasteiger partial charge in [0, 0.05) is 39.1 Å². The maximum absolute atomic E-state index is 4.71. The number of allylic oxidation sites excluding steroid dienone is 4. The Hall–Kier alpha value is -6.03. The molecule has 252 valence electrons. The highest BCUT2D eigenvalue weighted by molar-refractivity contribution is 7.80. The van der Waals surface area contributed by atoms with Crippen molar-refractivity contribution in [2.24, 2.45) is 5.92 Å². The quantitative estimate of drug-likeness (QED) is 0.132. The smallest absolute Gasteiger partial charge is 0.0464 e. The van der Waals surface area contributed by atoms with Gasteiger partial charge < -0.3 is 10.6 Å². The molecule has 8 rings (SSSR count). The molecule has 52 heavy (non-hydrogen) atoms. The van der Waals surface area contributed by atoms with Crippen LogP contribution in [-0.4, -0.2) is 0 Å². The van der Waals surface area contributed by atoms with Gasteiger partial charge in [0.25, 0.3) is 0 Å². The maximum atomic E-state index is 4.71. The highest BCUT2D eigenvalue weighted by atomic mass is 32.1. The van der Waals surface area contributed by atoms with E-state index in [1.165, 1.54) is 27.8 Å². The summed E-state index contributed by atoms with van der Waals surface area (Å²) in [5, 5.41) is 7.49. The molecule has 0 radical (unpaired) electrons. The average molecular weight is 689 g/mol. The fourth-order valence-electron chi connectivity index (χ4n) is 7.10. The third-order valence-electron chi connectivity index (χ3n) is 9.89. The van der Waals surface area contributed by atoms with Crippen LogP contribution in [0.2, 0.25) is 0 Å². The lowest BCUT2D eigenvalue weighted by Gasteiger charge is -2.25. The highest BCUT2D eigenvalue weighted by Crippen LogP contribution is 2.41. The van der Waals surface area contributed by atoms with Crippen LogP contribution in [0.3, 0.4) is 0 Å². The zero-order valence-corrected chi connectivity index (χ0v) is 30.0. The van der Waals surface area contributed by atoms with Gasteiger partial charge in [0.05, 0.1) is 0 Å². The second-order valence-electron chi connectivity index (χ2n) is 13.4. The molecule has 7 aromatic carbocycles. The second kappa shape index (κ2) is 15.1. The Morgan fingerprint density at radius 3 is 1.73 bits per heavy atom. The van der Waals surface area contributed by atoms with E-state index in [-0.39, 0.29) is 5.92 Å². The molecule has 0 saturated carbocycles. The highest BCUT2D eigenvalue weighted by Gasteiger charge is 2.21. The van der Waals surface area contributed by atoms with E-state index in [1.54, 1.807) is 0 Å². The van der Waals surface area contributed by atoms with E-state index in [9.17, 15) is 0 Å². The van der Waals surface area contributed by atoms with Gasteiger partial charge in [0.2, 0.25) is 0 Å². The number of para-hydroxylation sites is 1. The number of anilines is 4. The van der Waals surface area contributed by atoms with E-state index in [0.29, 0.717) is 5.92 Å². The second-order valence-corrected chi connectivity index (χ2v) is 13.9. The van der Waals surface area contributed by atoms with Crippen LogP contribution in [0.4, 0.5) is 22.7 Å². The first-order valence-electron chi connectivity index (χ1n) is 17.9. The Kier molecular flexibility index (Phi) is 9.60. The van der Waals surface area contributed by atoms with Gasteiger partial charge in [0.1, 0.15) is 0 Å². The normalized spacial score (nSPS) is 15.0. The number of rotatable bonds is 9. The fourth-order valence-corrected chi connectivity index (χ4v) is 7.39. The maximum Gasteiger partial charge on any atom is 0.0464 e. The van der Waals surface area contributed by atoms with E-state index in [0.717, 1.165) is 49.9 Å². The predicted molar refractivity (Wildman–Crippen MR) is 225 cm³/mol. The molecular weight excluding hydrogens is 649 g/mol. The van der Waals surface area contributed by atoms with Gasteiger partial charge in [-0.3, -0.25) is 0 Å². The van der Waals surface area contributed by atoms with Crippen molar-refractivity contribution in [1.82, 2.24) is 0 Å². The van der Waals surface area contributed by atoms with Crippen molar-refractivity contribution in [2.75, 3.05) is 10.6 Å². The third kappa shape index (κ3) is 7.23. The zero-order chi connectivity index (χ0) is 35.3. The molecule has 0 amide bonds. The minimum atomic E-state index is 0.241. The Bertz CT molecular complexity index is 2380. The van der Waals surface area contributed by atoms with Gasteiger partial charge in [-0.25, -0.2) is 0 Å². The topological polar surface area (TPSA) is 24.1 Å². The van der Waals surface area contributed by atoms with Gasteiger partial charge in [0.15, 0.2) is 0 Å². The van der Waals surface area contributed by atoms with Crippen molar-refractivity contribution in [2.45, 2.75) is 17.7 Å². The van der Waals surface area contributed by atoms with Crippen LogP contribution in [0.15, 0.2) is 199 Å². The van der Waals surface area contributed by atoms with Gasteiger partial charge in [-0.2, -0.15) is 0 Å². The van der Waals surface area contributed by atoms with E-state index < -0.39 is 0 Å². The standard InChI is InChI=1S/C49H40N2S/c1-34-13-8-9-20-43(34)46-33-40(28-30-48(46)51-42-19-12-16-38(31-42)35-14-4-2-5-15-35)39-27-29-47(50-41-17-6-3-7-18-41)45(32-39)37-25-23-36(24-26-37)44-21-10-11-22-49(44)52/h2-34,43,50-52H,1H3. The summed E-state index contributed by atoms with van der Waals surface area (Å²) in [6, 6.07) is 60.3. The van der Waals surface area contributed by atoms with Gasteiger partial charge in [-0.15, -0.1) is 12.6 Å². The summed E-state index contributed by atoms with van der Waals surface area (Å²) in [4.78, 5) is 0.971. The molecule has 2 N–H and O–H groups in total. The molecule has 3 heteroatoms. The molecule has 2 unspecified atom stereocenters. The summed E-state index contributed by atoms with van der Waals surface area (Å²) in [6.07, 6.45) is 8.97. The molecule has 2 atom stereocenters. The molecule has 0 spiro atoms. The molecule has 0 saturated heterocycles. The lowest BCUT2D eigenvalue weighted by molar-refractivity contribution is 0.637. The van der Waals surface area contributed by atoms with Crippen LogP contribution in [0.5, 0.6) is 0 Å². The Balaban J connectivity index is 1.19. The number of nitrogens with one attached hydrogen (secondary N) is 2. The Morgan fingerprint density at radius 1 is 0.423 bits per heavy atom. The first-order valence-corrected chi connectivity index (χ1v) is 18.3. The van der Waals surface area contributed by atoms with E-state index in [2.05, 4.69) is 194 Å². The van der Waals surface area contributed by atoms with Crippen molar-refractivity contribution in [1.29, 1.82) is 0 Å². The molecule has 0 fully saturated rings. The molecule has 1 aliphatic rings. The van der Waals surface area contributed by atoms with Crippen molar-refractivity contribution in [3.63, 3.8) is 0 Å². The summed E-state index contributed by atoms with van der Waals surface area (Å²) < 4.78 is 0. The van der Waals surface area contributed by atoms with Crippen LogP contribution >= 0.6 is 12.6 Å². The molecule has 1 aliphatic carbocycles. The SMILES string of the molecule is CC1C=CC=CC1c1cc(-c2ccc(Nc3ccccc3)c(-c3ccc(-c4ccccc4S)cc3)c2)ccc1Nc1cccc(-c2ccccc2)c1. The first-order chi connectivity index (χ1) is 25.6. The number of hydrogen-bond donors (Lipinski definition) is 3. The Morgan fingerprint density at radius 2 is 0.981 bits per heavy atom. The summed E-state index contributed by atoms with van der Waals surface area (Å²) in [7, 11) is 0. The largest absolute Gasteiger partial charge is 0.355 e.